The van der Waals surface area contributed by atoms with Gasteiger partial charge < -0.3 is 9.47 Å². The standard InChI is InChI=1S/C17H22O4/c1-5-6-16(11-15-9-7-12(2)8-10-15)17(20-13(3)18)21-14(4)19/h7-11,17H,5-6H2,1-4H3/b16-11+. The summed E-state index contributed by atoms with van der Waals surface area (Å²) in [5, 5.41) is 0. The fraction of sp³-hybridized carbons (Fsp3) is 0.412. The number of aryl methyl sites for hydroxylation is 1. The van der Waals surface area contributed by atoms with Crippen molar-refractivity contribution in [2.75, 3.05) is 0 Å². The maximum absolute atomic E-state index is 11.2. The fourth-order valence-corrected chi connectivity index (χ4v) is 1.90. The summed E-state index contributed by atoms with van der Waals surface area (Å²) < 4.78 is 10.2. The van der Waals surface area contributed by atoms with E-state index in [4.69, 9.17) is 9.47 Å². The molecule has 1 aromatic carbocycles. The zero-order valence-electron chi connectivity index (χ0n) is 13.0. The molecule has 0 saturated heterocycles. The van der Waals surface area contributed by atoms with Crippen LogP contribution >= 0.6 is 0 Å². The van der Waals surface area contributed by atoms with Gasteiger partial charge in [-0.05, 0) is 25.0 Å². The van der Waals surface area contributed by atoms with Crippen molar-refractivity contribution >= 4 is 18.0 Å². The molecule has 0 saturated carbocycles. The van der Waals surface area contributed by atoms with Crippen molar-refractivity contribution in [3.8, 4) is 0 Å². The van der Waals surface area contributed by atoms with Crippen molar-refractivity contribution in [1.82, 2.24) is 0 Å². The van der Waals surface area contributed by atoms with Crippen molar-refractivity contribution in [3.05, 3.63) is 41.0 Å². The average molecular weight is 290 g/mol. The number of hydrogen-bond donors (Lipinski definition) is 0. The van der Waals surface area contributed by atoms with Gasteiger partial charge in [-0.3, -0.25) is 9.59 Å². The Kier molecular flexibility index (Phi) is 6.66. The van der Waals surface area contributed by atoms with Gasteiger partial charge in [0.05, 0.1) is 0 Å². The van der Waals surface area contributed by atoms with E-state index in [2.05, 4.69) is 0 Å². The Labute approximate surface area is 125 Å². The first-order chi connectivity index (χ1) is 9.92. The number of esters is 2. The number of carbonyl (C=O) groups excluding carboxylic acids is 2. The van der Waals surface area contributed by atoms with E-state index >= 15 is 0 Å². The van der Waals surface area contributed by atoms with Crippen LogP contribution in [0, 0.1) is 6.92 Å². The molecular weight excluding hydrogens is 268 g/mol. The van der Waals surface area contributed by atoms with Crippen LogP contribution in [0.4, 0.5) is 0 Å². The zero-order chi connectivity index (χ0) is 15.8. The molecule has 0 aliphatic rings. The minimum atomic E-state index is -0.957. The molecule has 1 aromatic rings. The van der Waals surface area contributed by atoms with Gasteiger partial charge in [-0.2, -0.15) is 0 Å². The molecule has 0 fully saturated rings. The molecule has 0 amide bonds. The lowest BCUT2D eigenvalue weighted by Crippen LogP contribution is -2.24. The molecule has 0 radical (unpaired) electrons. The van der Waals surface area contributed by atoms with E-state index in [9.17, 15) is 9.59 Å². The Morgan fingerprint density at radius 2 is 1.62 bits per heavy atom. The molecule has 0 aromatic heterocycles. The quantitative estimate of drug-likeness (QED) is 0.593. The Bertz CT molecular complexity index is 498. The minimum absolute atomic E-state index is 0.479. The molecule has 0 atom stereocenters. The number of carbonyl (C=O) groups is 2. The normalized spacial score (nSPS) is 11.4. The summed E-state index contributed by atoms with van der Waals surface area (Å²) in [5.41, 5.74) is 2.92. The van der Waals surface area contributed by atoms with Crippen LogP contribution in [0.2, 0.25) is 0 Å². The van der Waals surface area contributed by atoms with Crippen molar-refractivity contribution in [2.45, 2.75) is 46.8 Å². The number of benzene rings is 1. The van der Waals surface area contributed by atoms with Gasteiger partial charge in [0.1, 0.15) is 0 Å². The van der Waals surface area contributed by atoms with Gasteiger partial charge in [-0.1, -0.05) is 43.2 Å². The van der Waals surface area contributed by atoms with E-state index in [1.807, 2.05) is 44.2 Å². The molecule has 0 N–H and O–H groups in total. The molecule has 0 aliphatic carbocycles. The lowest BCUT2D eigenvalue weighted by Gasteiger charge is -2.19. The summed E-state index contributed by atoms with van der Waals surface area (Å²) >= 11 is 0. The van der Waals surface area contributed by atoms with Gasteiger partial charge in [-0.15, -0.1) is 0 Å². The predicted octanol–water partition coefficient (Wildman–Crippen LogP) is 3.63. The van der Waals surface area contributed by atoms with Gasteiger partial charge in [0.15, 0.2) is 0 Å². The largest absolute Gasteiger partial charge is 0.421 e. The van der Waals surface area contributed by atoms with Crippen LogP contribution in [-0.4, -0.2) is 18.2 Å². The van der Waals surface area contributed by atoms with E-state index in [0.29, 0.717) is 6.42 Å². The SMILES string of the molecule is CCC/C(=C\c1ccc(C)cc1)C(OC(C)=O)OC(C)=O. The highest BCUT2D eigenvalue weighted by atomic mass is 16.7. The van der Waals surface area contributed by atoms with Crippen LogP contribution in [0.5, 0.6) is 0 Å². The van der Waals surface area contributed by atoms with Gasteiger partial charge >= 0.3 is 11.9 Å². The summed E-state index contributed by atoms with van der Waals surface area (Å²) in [5.74, 6) is -0.959. The molecule has 1 rings (SSSR count). The Balaban J connectivity index is 3.06. The second kappa shape index (κ2) is 8.25. The summed E-state index contributed by atoms with van der Waals surface area (Å²) in [6.45, 7) is 6.63. The highest BCUT2D eigenvalue weighted by Gasteiger charge is 2.20. The molecule has 4 heteroatoms. The molecule has 0 heterocycles. The lowest BCUT2D eigenvalue weighted by atomic mass is 10.0. The van der Waals surface area contributed by atoms with Crippen LogP contribution < -0.4 is 0 Å². The summed E-state index contributed by atoms with van der Waals surface area (Å²) in [4.78, 5) is 22.4. The van der Waals surface area contributed by atoms with E-state index < -0.39 is 18.2 Å². The first kappa shape index (κ1) is 17.0. The monoisotopic (exact) mass is 290 g/mol. The van der Waals surface area contributed by atoms with Gasteiger partial charge in [0.25, 0.3) is 6.29 Å². The molecular formula is C17H22O4. The smallest absolute Gasteiger partial charge is 0.305 e. The average Bonchev–Trinajstić information content (AvgIpc) is 2.39. The third-order valence-corrected chi connectivity index (χ3v) is 2.82. The van der Waals surface area contributed by atoms with Crippen LogP contribution in [-0.2, 0) is 19.1 Å². The van der Waals surface area contributed by atoms with Crippen molar-refractivity contribution in [2.24, 2.45) is 0 Å². The second-order valence-electron chi connectivity index (χ2n) is 4.93. The van der Waals surface area contributed by atoms with Crippen LogP contribution in [0.1, 0.15) is 44.7 Å². The highest BCUT2D eigenvalue weighted by Crippen LogP contribution is 2.20. The van der Waals surface area contributed by atoms with E-state index in [1.165, 1.54) is 19.4 Å². The topological polar surface area (TPSA) is 52.6 Å². The van der Waals surface area contributed by atoms with Gasteiger partial charge in [-0.25, -0.2) is 0 Å². The first-order valence-electron chi connectivity index (χ1n) is 7.04. The molecule has 21 heavy (non-hydrogen) atoms. The Hall–Kier alpha value is -2.10. The van der Waals surface area contributed by atoms with Gasteiger partial charge in [0, 0.05) is 19.4 Å². The maximum Gasteiger partial charge on any atom is 0.305 e. The predicted molar refractivity (Wildman–Crippen MR) is 81.4 cm³/mol. The van der Waals surface area contributed by atoms with Crippen molar-refractivity contribution in [1.29, 1.82) is 0 Å². The first-order valence-corrected chi connectivity index (χ1v) is 7.04. The number of hydrogen-bond acceptors (Lipinski definition) is 4. The molecule has 0 unspecified atom stereocenters. The number of ether oxygens (including phenoxy) is 2. The second-order valence-corrected chi connectivity index (χ2v) is 4.93. The molecule has 114 valence electrons. The van der Waals surface area contributed by atoms with E-state index in [1.54, 1.807) is 0 Å². The van der Waals surface area contributed by atoms with Crippen LogP contribution in [0.25, 0.3) is 6.08 Å². The third kappa shape index (κ3) is 6.25. The van der Waals surface area contributed by atoms with Crippen molar-refractivity contribution < 1.29 is 19.1 Å². The third-order valence-electron chi connectivity index (χ3n) is 2.82. The van der Waals surface area contributed by atoms with Gasteiger partial charge in [0.2, 0.25) is 0 Å². The summed E-state index contributed by atoms with van der Waals surface area (Å²) in [6, 6.07) is 7.96. The summed E-state index contributed by atoms with van der Waals surface area (Å²) in [6.07, 6.45) is 2.48. The van der Waals surface area contributed by atoms with E-state index in [0.717, 1.165) is 17.6 Å². The molecule has 4 nitrogen and oxygen atoms in total. The van der Waals surface area contributed by atoms with E-state index in [-0.39, 0.29) is 0 Å². The van der Waals surface area contributed by atoms with Crippen LogP contribution in [0.3, 0.4) is 0 Å². The maximum atomic E-state index is 11.2. The fourth-order valence-electron chi connectivity index (χ4n) is 1.90. The molecule has 0 spiro atoms. The highest BCUT2D eigenvalue weighted by molar-refractivity contribution is 5.69. The van der Waals surface area contributed by atoms with Crippen molar-refractivity contribution in [3.63, 3.8) is 0 Å². The molecule has 0 bridgehead atoms. The minimum Gasteiger partial charge on any atom is -0.421 e. The Morgan fingerprint density at radius 1 is 1.10 bits per heavy atom. The number of rotatable bonds is 6. The Morgan fingerprint density at radius 3 is 2.05 bits per heavy atom. The molecule has 0 aliphatic heterocycles. The summed E-state index contributed by atoms with van der Waals surface area (Å²) in [7, 11) is 0. The zero-order valence-corrected chi connectivity index (χ0v) is 13.0. The van der Waals surface area contributed by atoms with Crippen LogP contribution in [0.15, 0.2) is 29.8 Å². The lowest BCUT2D eigenvalue weighted by molar-refractivity contribution is -0.178.